The molecule has 5 N–H and O–H groups in total. The van der Waals surface area contributed by atoms with Crippen molar-refractivity contribution in [1.82, 2.24) is 0 Å². The molecule has 0 bridgehead atoms. The zero-order chi connectivity index (χ0) is 32.3. The van der Waals surface area contributed by atoms with E-state index in [1.165, 1.54) is 5.57 Å². The lowest BCUT2D eigenvalue weighted by Crippen LogP contribution is -2.65. The number of esters is 1. The minimum atomic E-state index is -1.61. The van der Waals surface area contributed by atoms with Crippen LogP contribution in [0.25, 0.3) is 0 Å². The molecule has 8 nitrogen and oxygen atoms in total. The lowest BCUT2D eigenvalue weighted by Gasteiger charge is -2.71. The van der Waals surface area contributed by atoms with Gasteiger partial charge in [0, 0.05) is 0 Å². The van der Waals surface area contributed by atoms with Crippen LogP contribution in [0.15, 0.2) is 11.6 Å². The largest absolute Gasteiger partial charge is 0.432 e. The van der Waals surface area contributed by atoms with Gasteiger partial charge in [-0.05, 0) is 109 Å². The highest BCUT2D eigenvalue weighted by Crippen LogP contribution is 2.75. The number of hydrogen-bond acceptors (Lipinski definition) is 8. The average Bonchev–Trinajstić information content (AvgIpc) is 2.95. The summed E-state index contributed by atoms with van der Waals surface area (Å²) in [5.74, 6) is 0.561. The van der Waals surface area contributed by atoms with Crippen LogP contribution >= 0.6 is 0 Å². The third kappa shape index (κ3) is 4.40. The number of allylic oxidation sites excluding steroid dienone is 2. The molecular weight excluding hydrogens is 560 g/mol. The lowest BCUT2D eigenvalue weighted by molar-refractivity contribution is -0.297. The molecule has 8 heteroatoms. The molecule has 250 valence electrons. The standard InChI is InChI=1S/C36H58O8/c1-31(2)14-16-36(30(42)44-29-28(41)27(40)26(39)22(19-37)43-29)17-15-34(6)20(21(36)18-31)8-9-24-33(5)12-11-25(38)32(3,4)23(33)10-13-35(24,34)7/h8,21-29,37-41H,9-19H2,1-7H3/t21?,22-,23?,24?,25+,26-,27-,28-,29+,33+,34?,35-,36+/m1/s1. The fraction of sp³-hybridized carbons (Fsp3) is 0.917. The number of hydrogen-bond donors (Lipinski definition) is 5. The summed E-state index contributed by atoms with van der Waals surface area (Å²) in [5.41, 5.74) is 0.719. The Kier molecular flexibility index (Phi) is 7.84. The predicted molar refractivity (Wildman–Crippen MR) is 165 cm³/mol. The Labute approximate surface area is 263 Å². The summed E-state index contributed by atoms with van der Waals surface area (Å²) in [6.07, 6.45) is 4.05. The summed E-state index contributed by atoms with van der Waals surface area (Å²) >= 11 is 0. The van der Waals surface area contributed by atoms with Gasteiger partial charge in [0.2, 0.25) is 6.29 Å². The monoisotopic (exact) mass is 618 g/mol. The van der Waals surface area contributed by atoms with Gasteiger partial charge in [-0.1, -0.05) is 60.1 Å². The van der Waals surface area contributed by atoms with Crippen molar-refractivity contribution >= 4 is 5.97 Å². The molecule has 4 unspecified atom stereocenters. The van der Waals surface area contributed by atoms with Gasteiger partial charge < -0.3 is 35.0 Å². The van der Waals surface area contributed by atoms with E-state index in [-0.39, 0.29) is 39.1 Å². The predicted octanol–water partition coefficient (Wildman–Crippen LogP) is 4.49. The van der Waals surface area contributed by atoms with Crippen LogP contribution in [0, 0.1) is 50.2 Å². The Morgan fingerprint density at radius 2 is 1.55 bits per heavy atom. The summed E-state index contributed by atoms with van der Waals surface area (Å²) in [6, 6.07) is 0. The first kappa shape index (κ1) is 32.9. The van der Waals surface area contributed by atoms with E-state index in [0.29, 0.717) is 24.7 Å². The SMILES string of the molecule is CC1(C)CC[C@]2(C(=O)O[C@@H]3O[C@H](CO)[C@@H](O)[C@@H](O)[C@H]3O)CCC3(C)C(=CCC4[C@@]5(C)CC[C@H](O)C(C)(C)C5CC[C@]43C)C2C1. The van der Waals surface area contributed by atoms with E-state index in [1.54, 1.807) is 0 Å². The van der Waals surface area contributed by atoms with Gasteiger partial charge >= 0.3 is 5.97 Å². The molecule has 5 fully saturated rings. The zero-order valence-corrected chi connectivity index (χ0v) is 28.0. The fourth-order valence-electron chi connectivity index (χ4n) is 12.0. The number of carbonyl (C=O) groups excluding carboxylic acids is 1. The van der Waals surface area contributed by atoms with Crippen molar-refractivity contribution in [2.75, 3.05) is 6.61 Å². The number of fused-ring (bicyclic) bond motifs is 7. The van der Waals surface area contributed by atoms with E-state index in [1.807, 2.05) is 0 Å². The van der Waals surface area contributed by atoms with Crippen molar-refractivity contribution < 1.29 is 39.8 Å². The third-order valence-corrected chi connectivity index (χ3v) is 15.1. The first-order valence-corrected chi connectivity index (χ1v) is 17.3. The second-order valence-corrected chi connectivity index (χ2v) is 17.8. The molecule has 0 aromatic carbocycles. The molecule has 0 spiro atoms. The average molecular weight is 619 g/mol. The van der Waals surface area contributed by atoms with E-state index < -0.39 is 48.7 Å². The number of rotatable bonds is 3. The summed E-state index contributed by atoms with van der Waals surface area (Å²) < 4.78 is 11.6. The summed E-state index contributed by atoms with van der Waals surface area (Å²) in [4.78, 5) is 14.4. The second kappa shape index (κ2) is 10.5. The number of aliphatic hydroxyl groups excluding tert-OH is 5. The molecule has 6 rings (SSSR count). The van der Waals surface area contributed by atoms with Crippen molar-refractivity contribution in [2.45, 2.75) is 149 Å². The summed E-state index contributed by atoms with van der Waals surface area (Å²) in [6.45, 7) is 16.1. The molecule has 0 amide bonds. The molecule has 6 aliphatic rings. The van der Waals surface area contributed by atoms with E-state index in [2.05, 4.69) is 54.5 Å². The van der Waals surface area contributed by atoms with Gasteiger partial charge in [0.15, 0.2) is 0 Å². The fourth-order valence-corrected chi connectivity index (χ4v) is 12.0. The van der Waals surface area contributed by atoms with Gasteiger partial charge in [-0.25, -0.2) is 0 Å². The molecule has 1 heterocycles. The smallest absolute Gasteiger partial charge is 0.315 e. The van der Waals surface area contributed by atoms with Gasteiger partial charge in [-0.2, -0.15) is 0 Å². The topological polar surface area (TPSA) is 137 Å². The van der Waals surface area contributed by atoms with E-state index in [9.17, 15) is 30.3 Å². The molecule has 13 atom stereocenters. The summed E-state index contributed by atoms with van der Waals surface area (Å²) in [5, 5.41) is 52.0. The molecule has 5 aliphatic carbocycles. The van der Waals surface area contributed by atoms with Crippen LogP contribution in [-0.4, -0.2) is 74.9 Å². The molecular formula is C36H58O8. The van der Waals surface area contributed by atoms with Crippen molar-refractivity contribution in [3.8, 4) is 0 Å². The maximum Gasteiger partial charge on any atom is 0.315 e. The third-order valence-electron chi connectivity index (χ3n) is 15.1. The van der Waals surface area contributed by atoms with Crippen LogP contribution in [0.5, 0.6) is 0 Å². The molecule has 0 radical (unpaired) electrons. The van der Waals surface area contributed by atoms with Crippen LogP contribution in [-0.2, 0) is 14.3 Å². The maximum absolute atomic E-state index is 14.4. The number of aliphatic hydroxyl groups is 5. The van der Waals surface area contributed by atoms with Gasteiger partial charge in [-0.3, -0.25) is 4.79 Å². The van der Waals surface area contributed by atoms with Crippen LogP contribution in [0.2, 0.25) is 0 Å². The molecule has 0 aromatic heterocycles. The highest BCUT2D eigenvalue weighted by atomic mass is 16.7. The van der Waals surface area contributed by atoms with Gasteiger partial charge in [0.25, 0.3) is 0 Å². The Bertz CT molecular complexity index is 1180. The summed E-state index contributed by atoms with van der Waals surface area (Å²) in [7, 11) is 0. The highest BCUT2D eigenvalue weighted by Gasteiger charge is 2.69. The van der Waals surface area contributed by atoms with Gasteiger partial charge in [-0.15, -0.1) is 0 Å². The van der Waals surface area contributed by atoms with E-state index in [0.717, 1.165) is 51.4 Å². The number of carbonyl (C=O) groups is 1. The Morgan fingerprint density at radius 1 is 0.864 bits per heavy atom. The van der Waals surface area contributed by atoms with Crippen LogP contribution in [0.3, 0.4) is 0 Å². The number of ether oxygens (including phenoxy) is 2. The van der Waals surface area contributed by atoms with Crippen molar-refractivity contribution in [2.24, 2.45) is 50.2 Å². The molecule has 44 heavy (non-hydrogen) atoms. The van der Waals surface area contributed by atoms with Crippen molar-refractivity contribution in [1.29, 1.82) is 0 Å². The Balaban J connectivity index is 1.35. The van der Waals surface area contributed by atoms with E-state index >= 15 is 0 Å². The molecule has 4 saturated carbocycles. The lowest BCUT2D eigenvalue weighted by atomic mass is 9.33. The van der Waals surface area contributed by atoms with Gasteiger partial charge in [0.05, 0.1) is 18.1 Å². The first-order chi connectivity index (χ1) is 20.4. The normalized spacial score (nSPS) is 52.8. The molecule has 1 aliphatic heterocycles. The van der Waals surface area contributed by atoms with Gasteiger partial charge in [0.1, 0.15) is 24.4 Å². The highest BCUT2D eigenvalue weighted by molar-refractivity contribution is 5.79. The molecule has 0 aromatic rings. The first-order valence-electron chi connectivity index (χ1n) is 17.3. The maximum atomic E-state index is 14.4. The van der Waals surface area contributed by atoms with Crippen molar-refractivity contribution in [3.63, 3.8) is 0 Å². The van der Waals surface area contributed by atoms with Crippen molar-refractivity contribution in [3.05, 3.63) is 11.6 Å². The molecule has 1 saturated heterocycles. The quantitative estimate of drug-likeness (QED) is 0.231. The van der Waals surface area contributed by atoms with Crippen LogP contribution in [0.4, 0.5) is 0 Å². The minimum absolute atomic E-state index is 0.00434. The second-order valence-electron chi connectivity index (χ2n) is 17.8. The van der Waals surface area contributed by atoms with E-state index in [4.69, 9.17) is 9.47 Å². The Hall–Kier alpha value is -1.03. The van der Waals surface area contributed by atoms with Crippen LogP contribution in [0.1, 0.15) is 113 Å². The minimum Gasteiger partial charge on any atom is -0.432 e. The Morgan fingerprint density at radius 3 is 2.23 bits per heavy atom. The van der Waals surface area contributed by atoms with Crippen LogP contribution < -0.4 is 0 Å². The zero-order valence-electron chi connectivity index (χ0n) is 28.0.